The second kappa shape index (κ2) is 6.73. The summed E-state index contributed by atoms with van der Waals surface area (Å²) < 4.78 is 16.0. The van der Waals surface area contributed by atoms with Crippen LogP contribution in [0.25, 0.3) is 11.0 Å². The molecular formula is C15H11ClN4O5. The molecule has 0 unspecified atom stereocenters. The van der Waals surface area contributed by atoms with E-state index in [-0.39, 0.29) is 22.5 Å². The number of hydrogen-bond acceptors (Lipinski definition) is 8. The minimum absolute atomic E-state index is 0.000334. The van der Waals surface area contributed by atoms with Crippen molar-refractivity contribution in [2.24, 2.45) is 0 Å². The van der Waals surface area contributed by atoms with Crippen LogP contribution < -0.4 is 14.2 Å². The van der Waals surface area contributed by atoms with Crippen LogP contribution in [0.1, 0.15) is 0 Å². The molecule has 128 valence electrons. The second-order valence-electron chi connectivity index (χ2n) is 4.72. The van der Waals surface area contributed by atoms with Crippen molar-refractivity contribution in [1.82, 2.24) is 15.0 Å². The van der Waals surface area contributed by atoms with E-state index >= 15 is 0 Å². The Hall–Kier alpha value is -3.20. The van der Waals surface area contributed by atoms with Crippen molar-refractivity contribution >= 4 is 28.3 Å². The molecule has 0 saturated heterocycles. The first-order valence-electron chi connectivity index (χ1n) is 6.89. The fourth-order valence-corrected chi connectivity index (χ4v) is 2.28. The molecule has 0 aliphatic carbocycles. The van der Waals surface area contributed by atoms with Gasteiger partial charge in [-0.1, -0.05) is 11.6 Å². The van der Waals surface area contributed by atoms with E-state index in [1.54, 1.807) is 12.1 Å². The standard InChI is InChI=1S/C15H11ClN4O5/c1-23-12-6-10-13(19-15(12)24-2)11(3-4-17-10)25-14-9(16)5-8(7-18-14)20(21)22/h3-7H,1-2H3. The number of nitrogens with zero attached hydrogens (tertiary/aromatic N) is 4. The fourth-order valence-electron chi connectivity index (χ4n) is 2.08. The molecule has 0 fully saturated rings. The van der Waals surface area contributed by atoms with Crippen LogP contribution in [0.15, 0.2) is 30.6 Å². The summed E-state index contributed by atoms with van der Waals surface area (Å²) in [5.41, 5.74) is 0.672. The first kappa shape index (κ1) is 16.7. The quantitative estimate of drug-likeness (QED) is 0.501. The highest BCUT2D eigenvalue weighted by molar-refractivity contribution is 6.32. The molecule has 0 aliphatic rings. The number of halogens is 1. The third-order valence-electron chi connectivity index (χ3n) is 3.23. The van der Waals surface area contributed by atoms with Crippen molar-refractivity contribution < 1.29 is 19.1 Å². The second-order valence-corrected chi connectivity index (χ2v) is 5.12. The van der Waals surface area contributed by atoms with Crippen LogP contribution in [0.5, 0.6) is 23.3 Å². The van der Waals surface area contributed by atoms with Gasteiger partial charge < -0.3 is 14.2 Å². The first-order chi connectivity index (χ1) is 12.0. The highest BCUT2D eigenvalue weighted by Crippen LogP contribution is 2.35. The molecule has 0 saturated carbocycles. The molecule has 9 nitrogen and oxygen atoms in total. The normalized spacial score (nSPS) is 10.5. The molecular weight excluding hydrogens is 352 g/mol. The lowest BCUT2D eigenvalue weighted by atomic mass is 10.3. The number of hydrogen-bond donors (Lipinski definition) is 0. The Labute approximate surface area is 146 Å². The van der Waals surface area contributed by atoms with E-state index in [1.807, 2.05) is 0 Å². The summed E-state index contributed by atoms with van der Waals surface area (Å²) in [6.45, 7) is 0. The van der Waals surface area contributed by atoms with Crippen LogP contribution in [0.2, 0.25) is 5.02 Å². The van der Waals surface area contributed by atoms with E-state index in [2.05, 4.69) is 15.0 Å². The van der Waals surface area contributed by atoms with E-state index in [4.69, 9.17) is 25.8 Å². The molecule has 0 bridgehead atoms. The van der Waals surface area contributed by atoms with Gasteiger partial charge in [0, 0.05) is 24.4 Å². The number of rotatable bonds is 5. The van der Waals surface area contributed by atoms with Crippen LogP contribution in [0.3, 0.4) is 0 Å². The molecule has 0 N–H and O–H groups in total. The van der Waals surface area contributed by atoms with E-state index in [9.17, 15) is 10.1 Å². The van der Waals surface area contributed by atoms with Gasteiger partial charge in [0.1, 0.15) is 16.7 Å². The van der Waals surface area contributed by atoms with Gasteiger partial charge in [0.2, 0.25) is 5.88 Å². The van der Waals surface area contributed by atoms with E-state index in [0.717, 1.165) is 12.3 Å². The van der Waals surface area contributed by atoms with Gasteiger partial charge in [-0.05, 0) is 0 Å². The van der Waals surface area contributed by atoms with Gasteiger partial charge >= 0.3 is 0 Å². The van der Waals surface area contributed by atoms with Crippen molar-refractivity contribution in [2.75, 3.05) is 14.2 Å². The maximum Gasteiger partial charge on any atom is 0.289 e. The average molecular weight is 363 g/mol. The molecule has 0 aromatic carbocycles. The van der Waals surface area contributed by atoms with Crippen molar-refractivity contribution in [1.29, 1.82) is 0 Å². The highest BCUT2D eigenvalue weighted by Gasteiger charge is 2.16. The number of fused-ring (bicyclic) bond motifs is 1. The Kier molecular flexibility index (Phi) is 4.48. The zero-order valence-electron chi connectivity index (χ0n) is 13.1. The summed E-state index contributed by atoms with van der Waals surface area (Å²) in [4.78, 5) is 22.6. The number of methoxy groups -OCH3 is 2. The molecule has 0 atom stereocenters. The topological polar surface area (TPSA) is 110 Å². The molecule has 3 aromatic rings. The number of pyridine rings is 3. The fraction of sp³-hybridized carbons (Fsp3) is 0.133. The van der Waals surface area contributed by atoms with Crippen LogP contribution >= 0.6 is 11.6 Å². The van der Waals surface area contributed by atoms with Crippen molar-refractivity contribution in [3.63, 3.8) is 0 Å². The predicted molar refractivity (Wildman–Crippen MR) is 88.6 cm³/mol. The molecule has 0 spiro atoms. The molecule has 25 heavy (non-hydrogen) atoms. The Morgan fingerprint density at radius 1 is 1.12 bits per heavy atom. The summed E-state index contributed by atoms with van der Waals surface area (Å²) in [5, 5.41) is 10.8. The Balaban J connectivity index is 2.06. The first-order valence-corrected chi connectivity index (χ1v) is 7.26. The van der Waals surface area contributed by atoms with Crippen LogP contribution in [0.4, 0.5) is 5.69 Å². The molecule has 3 aromatic heterocycles. The minimum atomic E-state index is -0.594. The summed E-state index contributed by atoms with van der Waals surface area (Å²) in [6.07, 6.45) is 2.58. The van der Waals surface area contributed by atoms with Gasteiger partial charge in [-0.25, -0.2) is 9.97 Å². The molecule has 0 amide bonds. The van der Waals surface area contributed by atoms with Crippen LogP contribution in [0, 0.1) is 10.1 Å². The molecule has 3 heterocycles. The van der Waals surface area contributed by atoms with E-state index in [0.29, 0.717) is 22.5 Å². The highest BCUT2D eigenvalue weighted by atomic mass is 35.5. The van der Waals surface area contributed by atoms with Crippen LogP contribution in [-0.2, 0) is 0 Å². The Morgan fingerprint density at radius 2 is 1.92 bits per heavy atom. The van der Waals surface area contributed by atoms with Gasteiger partial charge in [0.05, 0.1) is 24.7 Å². The summed E-state index contributed by atoms with van der Waals surface area (Å²) in [7, 11) is 2.95. The lowest BCUT2D eigenvalue weighted by Gasteiger charge is -2.11. The van der Waals surface area contributed by atoms with E-state index in [1.165, 1.54) is 20.4 Å². The maximum atomic E-state index is 10.8. The third-order valence-corrected chi connectivity index (χ3v) is 3.50. The lowest BCUT2D eigenvalue weighted by Crippen LogP contribution is -1.98. The lowest BCUT2D eigenvalue weighted by molar-refractivity contribution is -0.385. The number of aromatic nitrogens is 3. The minimum Gasteiger partial charge on any atom is -0.491 e. The van der Waals surface area contributed by atoms with Gasteiger partial charge in [0.25, 0.3) is 11.6 Å². The van der Waals surface area contributed by atoms with Crippen LogP contribution in [-0.4, -0.2) is 34.1 Å². The van der Waals surface area contributed by atoms with Crippen molar-refractivity contribution in [2.45, 2.75) is 0 Å². The summed E-state index contributed by atoms with van der Waals surface area (Å²) in [5.74, 6) is 1.01. The van der Waals surface area contributed by atoms with E-state index < -0.39 is 4.92 Å². The largest absolute Gasteiger partial charge is 0.491 e. The smallest absolute Gasteiger partial charge is 0.289 e. The molecule has 3 rings (SSSR count). The molecule has 0 radical (unpaired) electrons. The zero-order valence-corrected chi connectivity index (χ0v) is 13.9. The predicted octanol–water partition coefficient (Wildman–Crippen LogP) is 3.40. The van der Waals surface area contributed by atoms with Gasteiger partial charge in [-0.3, -0.25) is 15.1 Å². The monoisotopic (exact) mass is 362 g/mol. The SMILES string of the molecule is COc1cc2nccc(Oc3ncc([N+](=O)[O-])cc3Cl)c2nc1OC. The van der Waals surface area contributed by atoms with Crippen molar-refractivity contribution in [3.05, 3.63) is 45.7 Å². The van der Waals surface area contributed by atoms with Gasteiger partial charge in [-0.2, -0.15) is 0 Å². The van der Waals surface area contributed by atoms with Gasteiger partial charge in [-0.15, -0.1) is 0 Å². The Bertz CT molecular complexity index is 966. The van der Waals surface area contributed by atoms with Crippen molar-refractivity contribution in [3.8, 4) is 23.3 Å². The average Bonchev–Trinajstić information content (AvgIpc) is 2.62. The maximum absolute atomic E-state index is 10.8. The van der Waals surface area contributed by atoms with Gasteiger partial charge in [0.15, 0.2) is 11.5 Å². The Morgan fingerprint density at radius 3 is 2.56 bits per heavy atom. The summed E-state index contributed by atoms with van der Waals surface area (Å²) in [6, 6.07) is 4.38. The zero-order chi connectivity index (χ0) is 18.0. The number of ether oxygens (including phenoxy) is 3. The third kappa shape index (κ3) is 3.22. The number of nitro groups is 1. The summed E-state index contributed by atoms with van der Waals surface area (Å²) >= 11 is 6.01. The molecule has 0 aliphatic heterocycles. The molecule has 10 heteroatoms.